The Morgan fingerprint density at radius 1 is 1.04 bits per heavy atom. The van der Waals surface area contributed by atoms with E-state index in [-0.39, 0.29) is 6.03 Å². The summed E-state index contributed by atoms with van der Waals surface area (Å²) in [5.74, 6) is 0.563. The van der Waals surface area contributed by atoms with Gasteiger partial charge < -0.3 is 10.6 Å². The monoisotopic (exact) mass is 338 g/mol. The van der Waals surface area contributed by atoms with Crippen LogP contribution in [0.5, 0.6) is 0 Å². The van der Waals surface area contributed by atoms with Gasteiger partial charge in [-0.2, -0.15) is 0 Å². The molecule has 0 spiro atoms. The lowest BCUT2D eigenvalue weighted by Gasteiger charge is -2.32. The normalized spacial score (nSPS) is 15.7. The number of likely N-dealkylation sites (tertiary alicyclic amines) is 1. The summed E-state index contributed by atoms with van der Waals surface area (Å²) < 4.78 is 0. The smallest absolute Gasteiger partial charge is 0.315 e. The van der Waals surface area contributed by atoms with E-state index in [1.165, 1.54) is 5.56 Å². The van der Waals surface area contributed by atoms with E-state index in [0.717, 1.165) is 44.7 Å². The van der Waals surface area contributed by atoms with Crippen molar-refractivity contribution in [3.8, 4) is 0 Å². The lowest BCUT2D eigenvalue weighted by molar-refractivity contribution is 0.175. The van der Waals surface area contributed by atoms with Crippen LogP contribution in [0.15, 0.2) is 54.7 Å². The molecule has 1 aromatic heterocycles. The number of nitrogens with zero attached hydrogens (tertiary/aromatic N) is 2. The first-order valence-electron chi connectivity index (χ1n) is 8.97. The van der Waals surface area contributed by atoms with Crippen LogP contribution in [0.1, 0.15) is 24.1 Å². The van der Waals surface area contributed by atoms with Gasteiger partial charge in [-0.1, -0.05) is 36.4 Å². The summed E-state index contributed by atoms with van der Waals surface area (Å²) in [5.41, 5.74) is 2.24. The summed E-state index contributed by atoms with van der Waals surface area (Å²) in [6, 6.07) is 16.2. The maximum atomic E-state index is 11.9. The Kier molecular flexibility index (Phi) is 6.40. The fraction of sp³-hybridized carbons (Fsp3) is 0.400. The number of nitrogens with one attached hydrogen (secondary N) is 2. The summed E-state index contributed by atoms with van der Waals surface area (Å²) in [4.78, 5) is 18.6. The molecule has 1 fully saturated rings. The van der Waals surface area contributed by atoms with Crippen molar-refractivity contribution < 1.29 is 4.79 Å². The van der Waals surface area contributed by atoms with E-state index >= 15 is 0 Å². The van der Waals surface area contributed by atoms with Crippen molar-refractivity contribution >= 4 is 6.03 Å². The van der Waals surface area contributed by atoms with Crippen molar-refractivity contribution in [1.82, 2.24) is 20.5 Å². The minimum absolute atomic E-state index is 0.114. The molecule has 3 rings (SSSR count). The number of carbonyl (C=O) groups is 1. The Bertz CT molecular complexity index is 639. The predicted molar refractivity (Wildman–Crippen MR) is 98.9 cm³/mol. The highest BCUT2D eigenvalue weighted by Crippen LogP contribution is 2.18. The molecule has 0 radical (unpaired) electrons. The van der Waals surface area contributed by atoms with Gasteiger partial charge in [-0.25, -0.2) is 4.79 Å². The Morgan fingerprint density at radius 3 is 2.52 bits per heavy atom. The van der Waals surface area contributed by atoms with E-state index in [9.17, 15) is 4.79 Å². The number of piperidine rings is 1. The number of pyridine rings is 1. The second-order valence-corrected chi connectivity index (χ2v) is 6.59. The number of hydrogen-bond donors (Lipinski definition) is 2. The molecule has 2 N–H and O–H groups in total. The van der Waals surface area contributed by atoms with E-state index in [1.54, 1.807) is 6.20 Å². The van der Waals surface area contributed by atoms with Crippen LogP contribution in [-0.2, 0) is 13.1 Å². The molecule has 2 heterocycles. The number of hydrogen-bond acceptors (Lipinski definition) is 3. The van der Waals surface area contributed by atoms with Crippen molar-refractivity contribution in [3.05, 3.63) is 66.0 Å². The molecule has 0 aliphatic carbocycles. The van der Waals surface area contributed by atoms with Crippen LogP contribution < -0.4 is 10.6 Å². The Hall–Kier alpha value is -2.40. The third-order valence-corrected chi connectivity index (χ3v) is 4.66. The van der Waals surface area contributed by atoms with Crippen LogP contribution in [0.2, 0.25) is 0 Å². The Morgan fingerprint density at radius 2 is 1.80 bits per heavy atom. The number of aromatic nitrogens is 1. The van der Waals surface area contributed by atoms with Gasteiger partial charge >= 0.3 is 6.03 Å². The summed E-state index contributed by atoms with van der Waals surface area (Å²) in [5, 5.41) is 5.85. The zero-order valence-corrected chi connectivity index (χ0v) is 14.5. The number of amides is 2. The molecule has 0 unspecified atom stereocenters. The van der Waals surface area contributed by atoms with E-state index < -0.39 is 0 Å². The third kappa shape index (κ3) is 5.87. The van der Waals surface area contributed by atoms with E-state index in [1.807, 2.05) is 18.2 Å². The van der Waals surface area contributed by atoms with Crippen LogP contribution >= 0.6 is 0 Å². The maximum absolute atomic E-state index is 11.9. The standard InChI is InChI=1S/C20H26N4O/c25-20(23-15-19-8-4-5-11-21-19)22-14-17-9-12-24(13-10-17)16-18-6-2-1-3-7-18/h1-8,11,17H,9-10,12-16H2,(H2,22,23,25). The van der Waals surface area contributed by atoms with Gasteiger partial charge in [-0.15, -0.1) is 0 Å². The number of urea groups is 1. The zero-order valence-electron chi connectivity index (χ0n) is 14.5. The summed E-state index contributed by atoms with van der Waals surface area (Å²) >= 11 is 0. The van der Waals surface area contributed by atoms with Crippen molar-refractivity contribution in [2.45, 2.75) is 25.9 Å². The topological polar surface area (TPSA) is 57.3 Å². The van der Waals surface area contributed by atoms with Crippen molar-refractivity contribution in [2.75, 3.05) is 19.6 Å². The highest BCUT2D eigenvalue weighted by Gasteiger charge is 2.19. The first kappa shape index (κ1) is 17.4. The van der Waals surface area contributed by atoms with Crippen molar-refractivity contribution in [3.63, 3.8) is 0 Å². The van der Waals surface area contributed by atoms with Crippen LogP contribution in [0, 0.1) is 5.92 Å². The van der Waals surface area contributed by atoms with Crippen LogP contribution in [-0.4, -0.2) is 35.5 Å². The fourth-order valence-electron chi connectivity index (χ4n) is 3.16. The lowest BCUT2D eigenvalue weighted by atomic mass is 9.96. The Balaban J connectivity index is 1.31. The average molecular weight is 338 g/mol. The number of carbonyl (C=O) groups excluding carboxylic acids is 1. The molecular weight excluding hydrogens is 312 g/mol. The molecule has 2 amide bonds. The SMILES string of the molecule is O=C(NCc1ccccn1)NCC1CCN(Cc2ccccc2)CC1. The van der Waals surface area contributed by atoms with E-state index in [4.69, 9.17) is 0 Å². The Labute approximate surface area is 149 Å². The molecule has 25 heavy (non-hydrogen) atoms. The molecule has 132 valence electrons. The zero-order chi connectivity index (χ0) is 17.3. The lowest BCUT2D eigenvalue weighted by Crippen LogP contribution is -2.41. The van der Waals surface area contributed by atoms with Crippen LogP contribution in [0.4, 0.5) is 4.79 Å². The predicted octanol–water partition coefficient (Wildman–Crippen LogP) is 2.79. The van der Waals surface area contributed by atoms with Gasteiger partial charge in [0.05, 0.1) is 12.2 Å². The quantitative estimate of drug-likeness (QED) is 0.851. The molecular formula is C20H26N4O. The largest absolute Gasteiger partial charge is 0.338 e. The van der Waals surface area contributed by atoms with Gasteiger partial charge in [0.1, 0.15) is 0 Å². The summed E-state index contributed by atoms with van der Waals surface area (Å²) in [7, 11) is 0. The second-order valence-electron chi connectivity index (χ2n) is 6.59. The molecule has 1 aliphatic heterocycles. The molecule has 0 bridgehead atoms. The van der Waals surface area contributed by atoms with Gasteiger partial charge in [0.15, 0.2) is 0 Å². The van der Waals surface area contributed by atoms with E-state index in [2.05, 4.69) is 50.8 Å². The summed E-state index contributed by atoms with van der Waals surface area (Å²) in [6.45, 7) is 4.41. The van der Waals surface area contributed by atoms with Gasteiger partial charge in [0, 0.05) is 19.3 Å². The minimum atomic E-state index is -0.114. The summed E-state index contributed by atoms with van der Waals surface area (Å²) in [6.07, 6.45) is 4.00. The molecule has 1 aromatic carbocycles. The fourth-order valence-corrected chi connectivity index (χ4v) is 3.16. The van der Waals surface area contributed by atoms with Crippen molar-refractivity contribution in [2.24, 2.45) is 5.92 Å². The molecule has 5 heteroatoms. The number of benzene rings is 1. The van der Waals surface area contributed by atoms with Crippen LogP contribution in [0.3, 0.4) is 0 Å². The first-order valence-corrected chi connectivity index (χ1v) is 8.97. The molecule has 1 saturated heterocycles. The first-order chi connectivity index (χ1) is 12.3. The third-order valence-electron chi connectivity index (χ3n) is 4.66. The van der Waals surface area contributed by atoms with Gasteiger partial charge in [-0.05, 0) is 49.5 Å². The highest BCUT2D eigenvalue weighted by molar-refractivity contribution is 5.73. The number of rotatable bonds is 6. The molecule has 2 aromatic rings. The van der Waals surface area contributed by atoms with Gasteiger partial charge in [-0.3, -0.25) is 9.88 Å². The highest BCUT2D eigenvalue weighted by atomic mass is 16.2. The van der Waals surface area contributed by atoms with Crippen LogP contribution in [0.25, 0.3) is 0 Å². The second kappa shape index (κ2) is 9.18. The molecule has 5 nitrogen and oxygen atoms in total. The van der Waals surface area contributed by atoms with Gasteiger partial charge in [0.2, 0.25) is 0 Å². The molecule has 0 saturated carbocycles. The molecule has 1 aliphatic rings. The van der Waals surface area contributed by atoms with Gasteiger partial charge in [0.25, 0.3) is 0 Å². The van der Waals surface area contributed by atoms with E-state index in [0.29, 0.717) is 12.5 Å². The van der Waals surface area contributed by atoms with Crippen molar-refractivity contribution in [1.29, 1.82) is 0 Å². The maximum Gasteiger partial charge on any atom is 0.315 e. The minimum Gasteiger partial charge on any atom is -0.338 e. The molecule has 0 atom stereocenters. The average Bonchev–Trinajstić information content (AvgIpc) is 2.67.